The lowest BCUT2D eigenvalue weighted by Crippen LogP contribution is -2.27. The highest BCUT2D eigenvalue weighted by Crippen LogP contribution is 2.16. The van der Waals surface area contributed by atoms with Gasteiger partial charge < -0.3 is 4.43 Å². The molecule has 0 heterocycles. The Bertz CT molecular complexity index is 146. The van der Waals surface area contributed by atoms with Gasteiger partial charge in [-0.3, -0.25) is 0 Å². The molecule has 0 atom stereocenters. The predicted octanol–water partition coefficient (Wildman–Crippen LogP) is 5.37. The molecule has 0 aromatic rings. The van der Waals surface area contributed by atoms with E-state index in [2.05, 4.69) is 20.0 Å². The first-order valence-corrected chi connectivity index (χ1v) is 10.3. The van der Waals surface area contributed by atoms with E-state index in [-0.39, 0.29) is 0 Å². The first kappa shape index (κ1) is 16.2. The standard InChI is InChI=1S/C14H32OSi/c1-5-6-7-8-9-10-11-12-13-14-16(3,4)15-2/h5-14H2,1-4H3. The number of unbranched alkanes of at least 4 members (excludes halogenated alkanes) is 8. The molecule has 0 rings (SSSR count). The summed E-state index contributed by atoms with van der Waals surface area (Å²) in [5.41, 5.74) is 0. The van der Waals surface area contributed by atoms with E-state index in [9.17, 15) is 0 Å². The van der Waals surface area contributed by atoms with E-state index >= 15 is 0 Å². The SMILES string of the molecule is CCCCCCCCCCC[Si](C)(C)OC. The minimum absolute atomic E-state index is 1.26. The lowest BCUT2D eigenvalue weighted by Gasteiger charge is -2.19. The van der Waals surface area contributed by atoms with Gasteiger partial charge in [-0.2, -0.15) is 0 Å². The summed E-state index contributed by atoms with van der Waals surface area (Å²) in [6, 6.07) is 1.33. The molecular formula is C14H32OSi. The molecule has 0 unspecified atom stereocenters. The Morgan fingerprint density at radius 3 is 1.62 bits per heavy atom. The fraction of sp³-hybridized carbons (Fsp3) is 1.00. The summed E-state index contributed by atoms with van der Waals surface area (Å²) in [7, 11) is 0.612. The van der Waals surface area contributed by atoms with Crippen LogP contribution in [0.2, 0.25) is 19.1 Å². The summed E-state index contributed by atoms with van der Waals surface area (Å²) in [4.78, 5) is 0. The van der Waals surface area contributed by atoms with E-state index in [1.54, 1.807) is 0 Å². The van der Waals surface area contributed by atoms with Gasteiger partial charge in [-0.15, -0.1) is 0 Å². The van der Waals surface area contributed by atoms with E-state index < -0.39 is 8.32 Å². The van der Waals surface area contributed by atoms with Crippen LogP contribution in [-0.4, -0.2) is 15.4 Å². The van der Waals surface area contributed by atoms with Crippen LogP contribution in [0.5, 0.6) is 0 Å². The molecule has 0 amide bonds. The van der Waals surface area contributed by atoms with Crippen LogP contribution in [0.15, 0.2) is 0 Å². The molecule has 0 aliphatic rings. The second-order valence-electron chi connectivity index (χ2n) is 5.54. The van der Waals surface area contributed by atoms with Crippen molar-refractivity contribution in [1.82, 2.24) is 0 Å². The molecule has 0 N–H and O–H groups in total. The number of hydrogen-bond donors (Lipinski definition) is 0. The minimum atomic E-state index is -1.26. The molecule has 98 valence electrons. The summed E-state index contributed by atoms with van der Waals surface area (Å²) >= 11 is 0. The van der Waals surface area contributed by atoms with Gasteiger partial charge in [-0.05, 0) is 19.1 Å². The molecule has 0 saturated carbocycles. The van der Waals surface area contributed by atoms with Crippen molar-refractivity contribution in [3.63, 3.8) is 0 Å². The Morgan fingerprint density at radius 1 is 0.750 bits per heavy atom. The zero-order valence-corrected chi connectivity index (χ0v) is 13.0. The van der Waals surface area contributed by atoms with Gasteiger partial charge in [0.15, 0.2) is 8.32 Å². The quantitative estimate of drug-likeness (QED) is 0.351. The third kappa shape index (κ3) is 10.7. The lowest BCUT2D eigenvalue weighted by molar-refractivity contribution is 0.400. The van der Waals surface area contributed by atoms with Gasteiger partial charge in [-0.1, -0.05) is 64.7 Å². The molecule has 16 heavy (non-hydrogen) atoms. The highest BCUT2D eigenvalue weighted by Gasteiger charge is 2.18. The first-order valence-electron chi connectivity index (χ1n) is 7.17. The van der Waals surface area contributed by atoms with Gasteiger partial charge >= 0.3 is 0 Å². The second kappa shape index (κ2) is 10.3. The van der Waals surface area contributed by atoms with Crippen LogP contribution >= 0.6 is 0 Å². The average Bonchev–Trinajstić information content (AvgIpc) is 2.27. The first-order chi connectivity index (χ1) is 7.62. The minimum Gasteiger partial charge on any atom is -0.420 e. The van der Waals surface area contributed by atoms with Crippen LogP contribution in [-0.2, 0) is 4.43 Å². The molecule has 0 radical (unpaired) electrons. The van der Waals surface area contributed by atoms with Crippen LogP contribution < -0.4 is 0 Å². The summed E-state index contributed by atoms with van der Waals surface area (Å²) < 4.78 is 5.55. The fourth-order valence-electron chi connectivity index (χ4n) is 1.96. The summed E-state index contributed by atoms with van der Waals surface area (Å²) in [5.74, 6) is 0. The number of hydrogen-bond acceptors (Lipinski definition) is 1. The van der Waals surface area contributed by atoms with Crippen molar-refractivity contribution in [3.05, 3.63) is 0 Å². The molecule has 0 bridgehead atoms. The van der Waals surface area contributed by atoms with Crippen LogP contribution in [0.3, 0.4) is 0 Å². The van der Waals surface area contributed by atoms with E-state index in [4.69, 9.17) is 4.43 Å². The molecule has 0 aliphatic carbocycles. The average molecular weight is 244 g/mol. The van der Waals surface area contributed by atoms with Crippen LogP contribution in [0, 0.1) is 0 Å². The Morgan fingerprint density at radius 2 is 1.19 bits per heavy atom. The van der Waals surface area contributed by atoms with Crippen LogP contribution in [0.25, 0.3) is 0 Å². The monoisotopic (exact) mass is 244 g/mol. The van der Waals surface area contributed by atoms with Gasteiger partial charge in [0.05, 0.1) is 0 Å². The zero-order valence-electron chi connectivity index (χ0n) is 12.0. The maximum absolute atomic E-state index is 5.55. The van der Waals surface area contributed by atoms with Crippen LogP contribution in [0.1, 0.15) is 64.7 Å². The van der Waals surface area contributed by atoms with E-state index in [0.717, 1.165) is 0 Å². The lowest BCUT2D eigenvalue weighted by atomic mass is 10.1. The second-order valence-corrected chi connectivity index (χ2v) is 9.97. The maximum Gasteiger partial charge on any atom is 0.186 e. The third-order valence-electron chi connectivity index (χ3n) is 3.43. The van der Waals surface area contributed by atoms with Crippen molar-refractivity contribution < 1.29 is 4.43 Å². The largest absolute Gasteiger partial charge is 0.420 e. The highest BCUT2D eigenvalue weighted by molar-refractivity contribution is 6.71. The van der Waals surface area contributed by atoms with Gasteiger partial charge in [0, 0.05) is 7.11 Å². The maximum atomic E-state index is 5.55. The van der Waals surface area contributed by atoms with Crippen molar-refractivity contribution in [1.29, 1.82) is 0 Å². The topological polar surface area (TPSA) is 9.23 Å². The van der Waals surface area contributed by atoms with Crippen molar-refractivity contribution in [2.45, 2.75) is 83.8 Å². The van der Waals surface area contributed by atoms with E-state index in [1.165, 1.54) is 63.8 Å². The van der Waals surface area contributed by atoms with Gasteiger partial charge in [0.2, 0.25) is 0 Å². The summed E-state index contributed by atoms with van der Waals surface area (Å²) in [6.07, 6.45) is 12.8. The molecule has 2 heteroatoms. The number of rotatable bonds is 11. The molecule has 0 fully saturated rings. The van der Waals surface area contributed by atoms with Crippen molar-refractivity contribution in [2.75, 3.05) is 7.11 Å². The normalized spacial score (nSPS) is 12.0. The predicted molar refractivity (Wildman–Crippen MR) is 76.5 cm³/mol. The molecular weight excluding hydrogens is 212 g/mol. The van der Waals surface area contributed by atoms with E-state index in [0.29, 0.717) is 0 Å². The van der Waals surface area contributed by atoms with E-state index in [1.807, 2.05) is 7.11 Å². The zero-order chi connectivity index (χ0) is 12.3. The highest BCUT2D eigenvalue weighted by atomic mass is 28.4. The smallest absolute Gasteiger partial charge is 0.186 e. The summed E-state index contributed by atoms with van der Waals surface area (Å²) in [6.45, 7) is 6.91. The Kier molecular flexibility index (Phi) is 10.5. The van der Waals surface area contributed by atoms with Gasteiger partial charge in [0.1, 0.15) is 0 Å². The molecule has 0 saturated heterocycles. The molecule has 1 nitrogen and oxygen atoms in total. The fourth-order valence-corrected chi connectivity index (χ4v) is 3.27. The Balaban J connectivity index is 3.10. The van der Waals surface area contributed by atoms with Crippen molar-refractivity contribution in [2.24, 2.45) is 0 Å². The molecule has 0 aromatic carbocycles. The van der Waals surface area contributed by atoms with Crippen molar-refractivity contribution >= 4 is 8.32 Å². The molecule has 0 aromatic heterocycles. The van der Waals surface area contributed by atoms with Crippen LogP contribution in [0.4, 0.5) is 0 Å². The van der Waals surface area contributed by atoms with Gasteiger partial charge in [-0.25, -0.2) is 0 Å². The Labute approximate surface area is 104 Å². The molecule has 0 spiro atoms. The Hall–Kier alpha value is 0.177. The van der Waals surface area contributed by atoms with Gasteiger partial charge in [0.25, 0.3) is 0 Å². The molecule has 0 aliphatic heterocycles. The third-order valence-corrected chi connectivity index (χ3v) is 6.10. The summed E-state index contributed by atoms with van der Waals surface area (Å²) in [5, 5.41) is 0. The van der Waals surface area contributed by atoms with Crippen molar-refractivity contribution in [3.8, 4) is 0 Å².